The molecule has 0 aliphatic rings. The number of allylic oxidation sites excluding steroid dienone is 1. The first kappa shape index (κ1) is 29.4. The largest absolute Gasteiger partial charge is 0.494 e. The Morgan fingerprint density at radius 3 is 2.64 bits per heavy atom. The van der Waals surface area contributed by atoms with E-state index >= 15 is 0 Å². The molecule has 0 atom stereocenters. The molecule has 0 amide bonds. The molecule has 0 fully saturated rings. The molecule has 39 heavy (non-hydrogen) atoms. The minimum absolute atomic E-state index is 0.0429. The van der Waals surface area contributed by atoms with Crippen LogP contribution in [0.3, 0.4) is 0 Å². The fourth-order valence-electron chi connectivity index (χ4n) is 4.34. The summed E-state index contributed by atoms with van der Waals surface area (Å²) in [6.45, 7) is 8.09. The van der Waals surface area contributed by atoms with Crippen LogP contribution in [0.4, 0.5) is 23.0 Å². The number of nitro groups is 1. The normalized spacial score (nSPS) is 11.3. The third kappa shape index (κ3) is 7.02. The average molecular weight is 535 g/mol. The van der Waals surface area contributed by atoms with E-state index in [-0.39, 0.29) is 5.69 Å². The molecule has 0 spiro atoms. The van der Waals surface area contributed by atoms with Crippen molar-refractivity contribution in [2.75, 3.05) is 51.1 Å². The number of methoxy groups -OCH3 is 1. The van der Waals surface area contributed by atoms with Gasteiger partial charge in [-0.3, -0.25) is 10.1 Å². The van der Waals surface area contributed by atoms with Crippen LogP contribution in [0.15, 0.2) is 48.7 Å². The van der Waals surface area contributed by atoms with Crippen molar-refractivity contribution >= 4 is 28.6 Å². The van der Waals surface area contributed by atoms with Gasteiger partial charge in [-0.1, -0.05) is 32.1 Å². The SMILES string of the molecule is C/C=C(/c1ccnc(Nc2cc([N+](=O)[O-])c(N(C)CCNC)cc2OC)n1)c1cccc(OCCC)c1CC. The Balaban J connectivity index is 2.00. The Morgan fingerprint density at radius 1 is 1.21 bits per heavy atom. The lowest BCUT2D eigenvalue weighted by molar-refractivity contribution is -0.384. The van der Waals surface area contributed by atoms with Crippen LogP contribution >= 0.6 is 0 Å². The molecule has 0 aliphatic carbocycles. The minimum atomic E-state index is -0.398. The highest BCUT2D eigenvalue weighted by Gasteiger charge is 2.22. The molecule has 0 unspecified atom stereocenters. The standard InChI is InChI=1S/C29H38N6O4/c1-7-17-39-27-12-10-11-22(21(27)9-3)20(8-2)23-13-14-31-29(32-23)33-24-18-26(35(36)37)25(19-28(24)38-6)34(5)16-15-30-4/h8,10-14,18-19,30H,7,9,15-17H2,1-6H3,(H,31,32,33)/b20-8+. The molecular weight excluding hydrogens is 496 g/mol. The number of anilines is 3. The van der Waals surface area contributed by atoms with E-state index in [2.05, 4.69) is 35.5 Å². The number of benzene rings is 2. The van der Waals surface area contributed by atoms with Gasteiger partial charge >= 0.3 is 0 Å². The molecule has 10 heteroatoms. The number of rotatable bonds is 14. The molecule has 0 saturated heterocycles. The topological polar surface area (TPSA) is 115 Å². The van der Waals surface area contributed by atoms with Crippen molar-refractivity contribution in [3.8, 4) is 11.5 Å². The van der Waals surface area contributed by atoms with Crippen molar-refractivity contribution in [1.82, 2.24) is 15.3 Å². The predicted molar refractivity (Wildman–Crippen MR) is 157 cm³/mol. The van der Waals surface area contributed by atoms with Gasteiger partial charge in [0.1, 0.15) is 17.2 Å². The number of hydrogen-bond acceptors (Lipinski definition) is 9. The number of aromatic nitrogens is 2. The van der Waals surface area contributed by atoms with Gasteiger partial charge in [0.05, 0.1) is 30.0 Å². The van der Waals surface area contributed by atoms with Crippen LogP contribution in [0.1, 0.15) is 44.0 Å². The third-order valence-electron chi connectivity index (χ3n) is 6.31. The summed E-state index contributed by atoms with van der Waals surface area (Å²) in [5.74, 6) is 1.62. The van der Waals surface area contributed by atoms with E-state index in [1.807, 2.05) is 50.2 Å². The number of nitro benzene ring substituents is 1. The Morgan fingerprint density at radius 2 is 2.00 bits per heavy atom. The molecule has 1 heterocycles. The maximum Gasteiger partial charge on any atom is 0.294 e. The number of ether oxygens (including phenoxy) is 2. The summed E-state index contributed by atoms with van der Waals surface area (Å²) < 4.78 is 11.6. The van der Waals surface area contributed by atoms with Gasteiger partial charge < -0.3 is 25.0 Å². The van der Waals surface area contributed by atoms with E-state index in [1.165, 1.54) is 13.2 Å². The van der Waals surface area contributed by atoms with Gasteiger partial charge in [-0.2, -0.15) is 0 Å². The van der Waals surface area contributed by atoms with Crippen molar-refractivity contribution in [3.63, 3.8) is 0 Å². The molecule has 0 saturated carbocycles. The lowest BCUT2D eigenvalue weighted by Gasteiger charge is -2.21. The smallest absolute Gasteiger partial charge is 0.294 e. The van der Waals surface area contributed by atoms with Crippen LogP contribution in [0.5, 0.6) is 11.5 Å². The van der Waals surface area contributed by atoms with Gasteiger partial charge in [-0.25, -0.2) is 9.97 Å². The zero-order valence-corrected chi connectivity index (χ0v) is 23.6. The first-order valence-corrected chi connectivity index (χ1v) is 13.1. The highest BCUT2D eigenvalue weighted by Crippen LogP contribution is 2.39. The Bertz CT molecular complexity index is 1310. The van der Waals surface area contributed by atoms with Gasteiger partial charge in [0.25, 0.3) is 5.69 Å². The highest BCUT2D eigenvalue weighted by atomic mass is 16.6. The summed E-state index contributed by atoms with van der Waals surface area (Å²) in [5, 5.41) is 18.1. The molecule has 0 radical (unpaired) electrons. The fourth-order valence-corrected chi connectivity index (χ4v) is 4.34. The molecular formula is C29H38N6O4. The third-order valence-corrected chi connectivity index (χ3v) is 6.31. The van der Waals surface area contributed by atoms with Gasteiger partial charge in [-0.05, 0) is 44.5 Å². The van der Waals surface area contributed by atoms with Gasteiger partial charge in [-0.15, -0.1) is 0 Å². The van der Waals surface area contributed by atoms with Crippen molar-refractivity contribution in [3.05, 3.63) is 75.6 Å². The monoisotopic (exact) mass is 534 g/mol. The van der Waals surface area contributed by atoms with Gasteiger partial charge in [0.2, 0.25) is 5.95 Å². The van der Waals surface area contributed by atoms with Crippen LogP contribution in [-0.4, -0.2) is 55.8 Å². The van der Waals surface area contributed by atoms with E-state index in [9.17, 15) is 10.1 Å². The van der Waals surface area contributed by atoms with Crippen LogP contribution < -0.4 is 25.0 Å². The first-order valence-electron chi connectivity index (χ1n) is 13.1. The van der Waals surface area contributed by atoms with Crippen LogP contribution in [0, 0.1) is 10.1 Å². The lowest BCUT2D eigenvalue weighted by atomic mass is 9.94. The number of hydrogen-bond donors (Lipinski definition) is 2. The molecule has 0 aliphatic heterocycles. The number of likely N-dealkylation sites (N-methyl/N-ethyl adjacent to an activating group) is 2. The molecule has 3 rings (SSSR count). The summed E-state index contributed by atoms with van der Waals surface area (Å²) >= 11 is 0. The molecule has 0 bridgehead atoms. The summed E-state index contributed by atoms with van der Waals surface area (Å²) in [4.78, 5) is 22.5. The predicted octanol–water partition coefficient (Wildman–Crippen LogP) is 5.60. The molecule has 3 aromatic rings. The fraction of sp³-hybridized carbons (Fsp3) is 0.379. The van der Waals surface area contributed by atoms with E-state index in [0.29, 0.717) is 48.5 Å². The van der Waals surface area contributed by atoms with Crippen molar-refractivity contribution in [2.45, 2.75) is 33.6 Å². The highest BCUT2D eigenvalue weighted by molar-refractivity contribution is 5.81. The first-order chi connectivity index (χ1) is 18.9. The number of nitrogens with zero attached hydrogens (tertiary/aromatic N) is 4. The van der Waals surface area contributed by atoms with Gasteiger partial charge in [0.15, 0.2) is 0 Å². The zero-order valence-electron chi connectivity index (χ0n) is 23.6. The maximum atomic E-state index is 11.9. The van der Waals surface area contributed by atoms with Crippen molar-refractivity contribution in [2.24, 2.45) is 0 Å². The molecule has 2 N–H and O–H groups in total. The second kappa shape index (κ2) is 14.1. The Labute approximate surface area is 230 Å². The van der Waals surface area contributed by atoms with Crippen molar-refractivity contribution < 1.29 is 14.4 Å². The Kier molecular flexibility index (Phi) is 10.6. The summed E-state index contributed by atoms with van der Waals surface area (Å²) in [7, 11) is 5.17. The van der Waals surface area contributed by atoms with Crippen molar-refractivity contribution in [1.29, 1.82) is 0 Å². The minimum Gasteiger partial charge on any atom is -0.494 e. The molecule has 1 aromatic heterocycles. The second-order valence-electron chi connectivity index (χ2n) is 8.90. The molecule has 208 valence electrons. The molecule has 2 aromatic carbocycles. The van der Waals surface area contributed by atoms with Crippen LogP contribution in [-0.2, 0) is 6.42 Å². The van der Waals surface area contributed by atoms with E-state index in [4.69, 9.17) is 14.5 Å². The molecule has 10 nitrogen and oxygen atoms in total. The maximum absolute atomic E-state index is 11.9. The summed E-state index contributed by atoms with van der Waals surface area (Å²) in [6, 6.07) is 11.0. The lowest BCUT2D eigenvalue weighted by Crippen LogP contribution is -2.27. The summed E-state index contributed by atoms with van der Waals surface area (Å²) in [6.07, 6.45) is 5.42. The summed E-state index contributed by atoms with van der Waals surface area (Å²) in [5.41, 5.74) is 4.63. The average Bonchev–Trinajstić information content (AvgIpc) is 2.95. The van der Waals surface area contributed by atoms with E-state index < -0.39 is 4.92 Å². The Hall–Kier alpha value is -4.18. The quantitative estimate of drug-likeness (QED) is 0.202. The van der Waals surface area contributed by atoms with Crippen LogP contribution in [0.25, 0.3) is 5.57 Å². The van der Waals surface area contributed by atoms with E-state index in [1.54, 1.807) is 12.3 Å². The van der Waals surface area contributed by atoms with E-state index in [0.717, 1.165) is 35.3 Å². The van der Waals surface area contributed by atoms with Gasteiger partial charge in [0, 0.05) is 49.6 Å². The second-order valence-corrected chi connectivity index (χ2v) is 8.90. The zero-order chi connectivity index (χ0) is 28.4. The number of nitrogens with one attached hydrogen (secondary N) is 2. The van der Waals surface area contributed by atoms with Crippen LogP contribution in [0.2, 0.25) is 0 Å².